The van der Waals surface area contributed by atoms with Crippen molar-refractivity contribution >= 4 is 5.69 Å². The number of nitrogens with zero attached hydrogens (tertiary/aromatic N) is 3. The molecule has 0 aliphatic heterocycles. The molecule has 2 rings (SSSR count). The van der Waals surface area contributed by atoms with E-state index in [1.54, 1.807) is 30.1 Å². The predicted molar refractivity (Wildman–Crippen MR) is 71.9 cm³/mol. The average molecular weight is 260 g/mol. The van der Waals surface area contributed by atoms with Gasteiger partial charge in [-0.3, -0.25) is 4.79 Å². The monoisotopic (exact) mass is 260 g/mol. The van der Waals surface area contributed by atoms with Crippen molar-refractivity contribution in [3.8, 4) is 0 Å². The first-order valence-corrected chi connectivity index (χ1v) is 5.98. The second-order valence-corrected chi connectivity index (χ2v) is 4.00. The Morgan fingerprint density at radius 2 is 2.26 bits per heavy atom. The smallest absolute Gasteiger partial charge is 0.250 e. The molecule has 6 nitrogen and oxygen atoms in total. The number of hydrogen-bond donors (Lipinski definition) is 1. The fourth-order valence-corrected chi connectivity index (χ4v) is 1.62. The van der Waals surface area contributed by atoms with Crippen LogP contribution in [0.5, 0.6) is 0 Å². The Kier molecular flexibility index (Phi) is 4.63. The van der Waals surface area contributed by atoms with Gasteiger partial charge in [-0.1, -0.05) is 0 Å². The van der Waals surface area contributed by atoms with E-state index < -0.39 is 0 Å². The lowest BCUT2D eigenvalue weighted by Crippen LogP contribution is -2.21. The summed E-state index contributed by atoms with van der Waals surface area (Å²) >= 11 is 0. The van der Waals surface area contributed by atoms with Crippen LogP contribution in [-0.4, -0.2) is 28.3 Å². The molecule has 2 aromatic rings. The Balaban J connectivity index is 2.02. The van der Waals surface area contributed by atoms with Gasteiger partial charge in [0.25, 0.3) is 5.56 Å². The van der Waals surface area contributed by atoms with Gasteiger partial charge in [-0.2, -0.15) is 0 Å². The number of ether oxygens (including phenoxy) is 1. The zero-order chi connectivity index (χ0) is 13.5. The van der Waals surface area contributed by atoms with Crippen molar-refractivity contribution in [3.05, 3.63) is 53.0 Å². The third-order valence-electron chi connectivity index (χ3n) is 2.64. The molecule has 0 amide bonds. The minimum atomic E-state index is -0.0374. The van der Waals surface area contributed by atoms with Crippen molar-refractivity contribution in [2.75, 3.05) is 19.0 Å². The summed E-state index contributed by atoms with van der Waals surface area (Å²) in [5.41, 5.74) is 1.73. The van der Waals surface area contributed by atoms with Crippen LogP contribution >= 0.6 is 0 Å². The van der Waals surface area contributed by atoms with Crippen LogP contribution in [0.1, 0.15) is 5.69 Å². The van der Waals surface area contributed by atoms with Crippen LogP contribution in [-0.2, 0) is 17.8 Å². The third-order valence-corrected chi connectivity index (χ3v) is 2.64. The molecule has 100 valence electrons. The van der Waals surface area contributed by atoms with Gasteiger partial charge in [-0.25, -0.2) is 9.97 Å². The van der Waals surface area contributed by atoms with Gasteiger partial charge >= 0.3 is 0 Å². The maximum absolute atomic E-state index is 11.6. The van der Waals surface area contributed by atoms with Crippen molar-refractivity contribution in [3.63, 3.8) is 0 Å². The Hall–Kier alpha value is -2.21. The minimum absolute atomic E-state index is 0.0374. The summed E-state index contributed by atoms with van der Waals surface area (Å²) < 4.78 is 6.59. The molecule has 0 fully saturated rings. The van der Waals surface area contributed by atoms with Crippen LogP contribution in [0.25, 0.3) is 0 Å². The SMILES string of the molecule is COCCn1cc(NCc2ccncn2)ccc1=O. The van der Waals surface area contributed by atoms with Crippen LogP contribution in [0, 0.1) is 0 Å². The maximum atomic E-state index is 11.6. The zero-order valence-corrected chi connectivity index (χ0v) is 10.7. The van der Waals surface area contributed by atoms with Crippen molar-refractivity contribution in [1.82, 2.24) is 14.5 Å². The van der Waals surface area contributed by atoms with Crippen molar-refractivity contribution in [2.45, 2.75) is 13.1 Å². The molecule has 0 unspecified atom stereocenters. The van der Waals surface area contributed by atoms with E-state index in [1.165, 1.54) is 12.4 Å². The number of rotatable bonds is 6. The van der Waals surface area contributed by atoms with E-state index in [9.17, 15) is 4.79 Å². The van der Waals surface area contributed by atoms with E-state index in [1.807, 2.05) is 6.07 Å². The first-order valence-electron chi connectivity index (χ1n) is 5.98. The van der Waals surface area contributed by atoms with E-state index in [4.69, 9.17) is 4.74 Å². The predicted octanol–water partition coefficient (Wildman–Crippen LogP) is 0.897. The van der Waals surface area contributed by atoms with E-state index in [-0.39, 0.29) is 5.56 Å². The summed E-state index contributed by atoms with van der Waals surface area (Å²) in [6.45, 7) is 1.64. The van der Waals surface area contributed by atoms with Gasteiger partial charge in [0.2, 0.25) is 0 Å². The second kappa shape index (κ2) is 6.65. The summed E-state index contributed by atoms with van der Waals surface area (Å²) in [6.07, 6.45) is 4.99. The summed E-state index contributed by atoms with van der Waals surface area (Å²) in [4.78, 5) is 19.6. The Bertz CT molecular complexity index is 568. The summed E-state index contributed by atoms with van der Waals surface area (Å²) in [7, 11) is 1.61. The van der Waals surface area contributed by atoms with Crippen molar-refractivity contribution < 1.29 is 4.74 Å². The molecule has 0 aromatic carbocycles. The average Bonchev–Trinajstić information content (AvgIpc) is 2.46. The Morgan fingerprint density at radius 1 is 1.37 bits per heavy atom. The highest BCUT2D eigenvalue weighted by molar-refractivity contribution is 5.40. The lowest BCUT2D eigenvalue weighted by atomic mass is 10.3. The van der Waals surface area contributed by atoms with Gasteiger partial charge in [0.1, 0.15) is 6.33 Å². The van der Waals surface area contributed by atoms with Gasteiger partial charge in [0.05, 0.1) is 24.5 Å². The molecule has 0 atom stereocenters. The molecule has 19 heavy (non-hydrogen) atoms. The number of anilines is 1. The lowest BCUT2D eigenvalue weighted by Gasteiger charge is -2.09. The molecule has 2 aromatic heterocycles. The van der Waals surface area contributed by atoms with Gasteiger partial charge in [0.15, 0.2) is 0 Å². The molecular formula is C13H16N4O2. The summed E-state index contributed by atoms with van der Waals surface area (Å²) in [6, 6.07) is 5.14. The largest absolute Gasteiger partial charge is 0.383 e. The molecule has 0 radical (unpaired) electrons. The standard InChI is InChI=1S/C13H16N4O2/c1-19-7-6-17-9-12(2-3-13(17)18)15-8-11-4-5-14-10-16-11/h2-5,9-10,15H,6-8H2,1H3. The molecule has 0 saturated carbocycles. The van der Waals surface area contributed by atoms with E-state index in [2.05, 4.69) is 15.3 Å². The number of pyridine rings is 1. The lowest BCUT2D eigenvalue weighted by molar-refractivity contribution is 0.186. The normalized spacial score (nSPS) is 10.4. The van der Waals surface area contributed by atoms with Crippen LogP contribution in [0.2, 0.25) is 0 Å². The highest BCUT2D eigenvalue weighted by Crippen LogP contribution is 2.05. The molecule has 6 heteroatoms. The molecule has 0 spiro atoms. The van der Waals surface area contributed by atoms with Crippen LogP contribution in [0.4, 0.5) is 5.69 Å². The summed E-state index contributed by atoms with van der Waals surface area (Å²) in [5.74, 6) is 0. The zero-order valence-electron chi connectivity index (χ0n) is 10.7. The number of nitrogens with one attached hydrogen (secondary N) is 1. The van der Waals surface area contributed by atoms with E-state index in [0.717, 1.165) is 11.4 Å². The fourth-order valence-electron chi connectivity index (χ4n) is 1.62. The molecule has 2 heterocycles. The molecule has 0 aliphatic rings. The number of aromatic nitrogens is 3. The first kappa shape index (κ1) is 13.2. The quantitative estimate of drug-likeness (QED) is 0.835. The van der Waals surface area contributed by atoms with Gasteiger partial charge in [0, 0.05) is 32.1 Å². The summed E-state index contributed by atoms with van der Waals surface area (Å²) in [5, 5.41) is 3.21. The molecular weight excluding hydrogens is 244 g/mol. The van der Waals surface area contributed by atoms with Gasteiger partial charge < -0.3 is 14.6 Å². The number of methoxy groups -OCH3 is 1. The molecule has 0 aliphatic carbocycles. The second-order valence-electron chi connectivity index (χ2n) is 4.00. The minimum Gasteiger partial charge on any atom is -0.383 e. The highest BCUT2D eigenvalue weighted by Gasteiger charge is 1.99. The van der Waals surface area contributed by atoms with Gasteiger partial charge in [-0.15, -0.1) is 0 Å². The molecule has 0 bridgehead atoms. The molecule has 1 N–H and O–H groups in total. The Labute approximate surface area is 111 Å². The van der Waals surface area contributed by atoms with Crippen LogP contribution < -0.4 is 10.9 Å². The Morgan fingerprint density at radius 3 is 3.00 bits per heavy atom. The fraction of sp³-hybridized carbons (Fsp3) is 0.308. The molecule has 0 saturated heterocycles. The van der Waals surface area contributed by atoms with E-state index in [0.29, 0.717) is 19.7 Å². The van der Waals surface area contributed by atoms with Crippen molar-refractivity contribution in [1.29, 1.82) is 0 Å². The van der Waals surface area contributed by atoms with Crippen LogP contribution in [0.3, 0.4) is 0 Å². The third kappa shape index (κ3) is 3.89. The topological polar surface area (TPSA) is 69.0 Å². The van der Waals surface area contributed by atoms with Gasteiger partial charge in [-0.05, 0) is 12.1 Å². The van der Waals surface area contributed by atoms with E-state index >= 15 is 0 Å². The number of hydrogen-bond acceptors (Lipinski definition) is 5. The highest BCUT2D eigenvalue weighted by atomic mass is 16.5. The maximum Gasteiger partial charge on any atom is 0.250 e. The van der Waals surface area contributed by atoms with Crippen LogP contribution in [0.15, 0.2) is 41.7 Å². The first-order chi connectivity index (χ1) is 9.29. The van der Waals surface area contributed by atoms with Crippen molar-refractivity contribution in [2.24, 2.45) is 0 Å².